The largest absolute Gasteiger partial charge is 0.290 e. The Morgan fingerprint density at radius 2 is 2.35 bits per heavy atom. The van der Waals surface area contributed by atoms with Crippen LogP contribution in [0.3, 0.4) is 0 Å². The quantitative estimate of drug-likeness (QED) is 0.796. The van der Waals surface area contributed by atoms with Crippen molar-refractivity contribution in [1.29, 1.82) is 0 Å². The second-order valence-electron chi connectivity index (χ2n) is 5.90. The van der Waals surface area contributed by atoms with Gasteiger partial charge < -0.3 is 0 Å². The van der Waals surface area contributed by atoms with Crippen LogP contribution in [-0.2, 0) is 6.54 Å². The maximum Gasteiger partial charge on any atom is 0.125 e. The molecule has 0 radical (unpaired) electrons. The first-order valence-corrected chi connectivity index (χ1v) is 8.79. The number of likely N-dealkylation sites (tertiary alicyclic amines) is 1. The van der Waals surface area contributed by atoms with Gasteiger partial charge in [0.25, 0.3) is 0 Å². The van der Waals surface area contributed by atoms with Crippen molar-refractivity contribution in [3.05, 3.63) is 53.1 Å². The van der Waals surface area contributed by atoms with E-state index in [0.29, 0.717) is 6.04 Å². The molecule has 23 heavy (non-hydrogen) atoms. The molecule has 1 fully saturated rings. The molecule has 1 aliphatic rings. The molecule has 118 valence electrons. The zero-order chi connectivity index (χ0) is 15.6. The molecule has 3 aromatic rings. The molecule has 0 saturated carbocycles. The topological polar surface area (TPSA) is 57.7 Å². The summed E-state index contributed by atoms with van der Waals surface area (Å²) in [6, 6.07) is 6.64. The van der Waals surface area contributed by atoms with E-state index in [4.69, 9.17) is 0 Å². The molecule has 0 spiro atoms. The Hall–Kier alpha value is -2.05. The van der Waals surface area contributed by atoms with Gasteiger partial charge in [-0.2, -0.15) is 5.10 Å². The number of aromatic nitrogens is 4. The van der Waals surface area contributed by atoms with Gasteiger partial charge in [-0.15, -0.1) is 11.3 Å². The fourth-order valence-electron chi connectivity index (χ4n) is 3.29. The number of H-pyrrole nitrogens is 1. The van der Waals surface area contributed by atoms with Crippen LogP contribution >= 0.6 is 11.3 Å². The molecule has 0 amide bonds. The van der Waals surface area contributed by atoms with Gasteiger partial charge in [-0.05, 0) is 43.8 Å². The third-order valence-corrected chi connectivity index (χ3v) is 5.25. The SMILES string of the molecule is Cc1nccc(C2CCCN2Cc2cn[nH]c2-c2cccs2)n1. The minimum absolute atomic E-state index is 0.378. The third kappa shape index (κ3) is 2.92. The molecular weight excluding hydrogens is 306 g/mol. The highest BCUT2D eigenvalue weighted by Gasteiger charge is 2.28. The summed E-state index contributed by atoms with van der Waals surface area (Å²) in [6.45, 7) is 3.95. The van der Waals surface area contributed by atoms with E-state index in [1.54, 1.807) is 11.3 Å². The van der Waals surface area contributed by atoms with Gasteiger partial charge in [-0.1, -0.05) is 6.07 Å². The number of hydrogen-bond acceptors (Lipinski definition) is 5. The van der Waals surface area contributed by atoms with Crippen molar-refractivity contribution < 1.29 is 0 Å². The summed E-state index contributed by atoms with van der Waals surface area (Å²) in [5.41, 5.74) is 3.53. The Morgan fingerprint density at radius 1 is 1.39 bits per heavy atom. The molecular formula is C17H19N5S. The van der Waals surface area contributed by atoms with Gasteiger partial charge in [0.2, 0.25) is 0 Å². The molecule has 5 nitrogen and oxygen atoms in total. The lowest BCUT2D eigenvalue weighted by Gasteiger charge is -2.24. The van der Waals surface area contributed by atoms with Crippen LogP contribution in [-0.4, -0.2) is 31.6 Å². The highest BCUT2D eigenvalue weighted by Crippen LogP contribution is 2.34. The summed E-state index contributed by atoms with van der Waals surface area (Å²) in [6.07, 6.45) is 6.18. The lowest BCUT2D eigenvalue weighted by atomic mass is 10.1. The molecule has 0 aromatic carbocycles. The van der Waals surface area contributed by atoms with Gasteiger partial charge in [0.1, 0.15) is 5.82 Å². The van der Waals surface area contributed by atoms with Gasteiger partial charge >= 0.3 is 0 Å². The van der Waals surface area contributed by atoms with Crippen molar-refractivity contribution in [2.24, 2.45) is 0 Å². The smallest absolute Gasteiger partial charge is 0.125 e. The Kier molecular flexibility index (Phi) is 3.93. The van der Waals surface area contributed by atoms with Crippen molar-refractivity contribution in [3.63, 3.8) is 0 Å². The van der Waals surface area contributed by atoms with E-state index < -0.39 is 0 Å². The third-order valence-electron chi connectivity index (χ3n) is 4.36. The number of nitrogens with one attached hydrogen (secondary N) is 1. The molecule has 0 bridgehead atoms. The van der Waals surface area contributed by atoms with Gasteiger partial charge in [-0.3, -0.25) is 10.00 Å². The van der Waals surface area contributed by atoms with E-state index in [1.165, 1.54) is 16.9 Å². The zero-order valence-corrected chi connectivity index (χ0v) is 13.9. The zero-order valence-electron chi connectivity index (χ0n) is 13.1. The lowest BCUT2D eigenvalue weighted by molar-refractivity contribution is 0.244. The minimum atomic E-state index is 0.378. The first-order chi connectivity index (χ1) is 11.3. The van der Waals surface area contributed by atoms with Crippen LogP contribution in [0.4, 0.5) is 0 Å². The molecule has 6 heteroatoms. The van der Waals surface area contributed by atoms with Crippen LogP contribution in [0.1, 0.15) is 36.0 Å². The molecule has 4 rings (SSSR count). The summed E-state index contributed by atoms with van der Waals surface area (Å²) >= 11 is 1.74. The van der Waals surface area contributed by atoms with Gasteiger partial charge in [0.05, 0.1) is 28.5 Å². The van der Waals surface area contributed by atoms with Crippen molar-refractivity contribution in [2.45, 2.75) is 32.4 Å². The standard InChI is InChI=1S/C17H19N5S/c1-12-18-7-6-14(20-12)15-4-2-8-22(15)11-13-10-19-21-17(13)16-5-3-9-23-16/h3,5-7,9-10,15H,2,4,8,11H2,1H3,(H,19,21). The average molecular weight is 325 g/mol. The molecule has 1 aliphatic heterocycles. The van der Waals surface area contributed by atoms with E-state index in [2.05, 4.69) is 42.6 Å². The number of thiophene rings is 1. The van der Waals surface area contributed by atoms with E-state index >= 15 is 0 Å². The second kappa shape index (κ2) is 6.22. The molecule has 3 aromatic heterocycles. The van der Waals surface area contributed by atoms with Crippen molar-refractivity contribution in [1.82, 2.24) is 25.1 Å². The maximum atomic E-state index is 4.63. The van der Waals surface area contributed by atoms with Crippen molar-refractivity contribution in [2.75, 3.05) is 6.54 Å². The Bertz CT molecular complexity index is 780. The summed E-state index contributed by atoms with van der Waals surface area (Å²) in [4.78, 5) is 12.6. The predicted octanol–water partition coefficient (Wildman–Crippen LogP) is 3.57. The highest BCUT2D eigenvalue weighted by atomic mass is 32.1. The normalized spacial score (nSPS) is 18.6. The van der Waals surface area contributed by atoms with Gasteiger partial charge in [0, 0.05) is 18.3 Å². The van der Waals surface area contributed by atoms with E-state index in [9.17, 15) is 0 Å². The van der Waals surface area contributed by atoms with Crippen LogP contribution in [0, 0.1) is 6.92 Å². The monoisotopic (exact) mass is 325 g/mol. The Balaban J connectivity index is 1.58. The van der Waals surface area contributed by atoms with Crippen LogP contribution < -0.4 is 0 Å². The summed E-state index contributed by atoms with van der Waals surface area (Å²) in [7, 11) is 0. The summed E-state index contributed by atoms with van der Waals surface area (Å²) < 4.78 is 0. The van der Waals surface area contributed by atoms with Crippen molar-refractivity contribution in [3.8, 4) is 10.6 Å². The molecule has 1 unspecified atom stereocenters. The van der Waals surface area contributed by atoms with Crippen LogP contribution in [0.25, 0.3) is 10.6 Å². The number of hydrogen-bond donors (Lipinski definition) is 1. The Labute approximate surface area is 139 Å². The number of aromatic amines is 1. The Morgan fingerprint density at radius 3 is 3.17 bits per heavy atom. The first-order valence-electron chi connectivity index (χ1n) is 7.91. The van der Waals surface area contributed by atoms with Crippen LogP contribution in [0.15, 0.2) is 36.0 Å². The van der Waals surface area contributed by atoms with Crippen molar-refractivity contribution >= 4 is 11.3 Å². The van der Waals surface area contributed by atoms with Gasteiger partial charge in [-0.25, -0.2) is 9.97 Å². The predicted molar refractivity (Wildman–Crippen MR) is 91.1 cm³/mol. The van der Waals surface area contributed by atoms with E-state index in [0.717, 1.165) is 36.7 Å². The van der Waals surface area contributed by atoms with E-state index in [-0.39, 0.29) is 0 Å². The summed E-state index contributed by atoms with van der Waals surface area (Å²) in [5.74, 6) is 0.844. The molecule has 1 atom stereocenters. The van der Waals surface area contributed by atoms with Crippen LogP contribution in [0.5, 0.6) is 0 Å². The molecule has 1 N–H and O–H groups in total. The number of aryl methyl sites for hydroxylation is 1. The maximum absolute atomic E-state index is 4.63. The molecule has 4 heterocycles. The van der Waals surface area contributed by atoms with E-state index in [1.807, 2.05) is 25.4 Å². The number of nitrogens with zero attached hydrogens (tertiary/aromatic N) is 4. The first kappa shape index (κ1) is 14.5. The second-order valence-corrected chi connectivity index (χ2v) is 6.85. The van der Waals surface area contributed by atoms with Crippen LogP contribution in [0.2, 0.25) is 0 Å². The highest BCUT2D eigenvalue weighted by molar-refractivity contribution is 7.13. The fourth-order valence-corrected chi connectivity index (χ4v) is 4.05. The molecule has 1 saturated heterocycles. The summed E-state index contributed by atoms with van der Waals surface area (Å²) in [5, 5.41) is 9.51. The number of rotatable bonds is 4. The van der Waals surface area contributed by atoms with Gasteiger partial charge in [0.15, 0.2) is 0 Å². The minimum Gasteiger partial charge on any atom is -0.290 e. The lowest BCUT2D eigenvalue weighted by Crippen LogP contribution is -2.23. The molecule has 0 aliphatic carbocycles. The fraction of sp³-hybridized carbons (Fsp3) is 0.353. The average Bonchev–Trinajstić information content (AvgIpc) is 3.29.